The van der Waals surface area contributed by atoms with E-state index >= 15 is 0 Å². The fourth-order valence-electron chi connectivity index (χ4n) is 2.40. The minimum atomic E-state index is 0.670. The van der Waals surface area contributed by atoms with Crippen LogP contribution >= 0.6 is 0 Å². The second-order valence-electron chi connectivity index (χ2n) is 5.51. The van der Waals surface area contributed by atoms with Crippen LogP contribution in [0.2, 0.25) is 0 Å². The molecule has 0 aromatic heterocycles. The fraction of sp³-hybridized carbons (Fsp3) is 0.333. The predicted molar refractivity (Wildman–Crippen MR) is 90.2 cm³/mol. The summed E-state index contributed by atoms with van der Waals surface area (Å²) in [5, 5.41) is 0. The zero-order valence-electron chi connectivity index (χ0n) is 13.1. The second-order valence-corrected chi connectivity index (χ2v) is 5.51. The topological polar surface area (TPSA) is 38.5 Å². The molecule has 0 amide bonds. The van der Waals surface area contributed by atoms with Crippen molar-refractivity contribution in [2.24, 2.45) is 0 Å². The van der Waals surface area contributed by atoms with Crippen LogP contribution in [0.25, 0.3) is 0 Å². The van der Waals surface area contributed by atoms with E-state index in [1.54, 1.807) is 0 Å². The molecule has 0 spiro atoms. The number of aryl methyl sites for hydroxylation is 2. The summed E-state index contributed by atoms with van der Waals surface area (Å²) in [5.41, 5.74) is 10.4. The van der Waals surface area contributed by atoms with E-state index in [2.05, 4.69) is 44.0 Å². The standard InChI is InChI=1S/C18H24N2O/c1-14-11-15(2)13-16(12-14)20(3)9-6-10-21-18-8-5-4-7-17(18)19/h4-5,7-8,11-13H,6,9-10,19H2,1-3H3. The third kappa shape index (κ3) is 4.42. The number of nitrogens with zero attached hydrogens (tertiary/aromatic N) is 1. The average Bonchev–Trinajstić information content (AvgIpc) is 2.44. The van der Waals surface area contributed by atoms with Gasteiger partial charge in [-0.25, -0.2) is 0 Å². The maximum absolute atomic E-state index is 5.85. The van der Waals surface area contributed by atoms with E-state index in [1.807, 2.05) is 24.3 Å². The minimum absolute atomic E-state index is 0.670. The first-order valence-electron chi connectivity index (χ1n) is 7.33. The van der Waals surface area contributed by atoms with Gasteiger partial charge in [-0.15, -0.1) is 0 Å². The summed E-state index contributed by atoms with van der Waals surface area (Å²) < 4.78 is 5.72. The van der Waals surface area contributed by atoms with E-state index < -0.39 is 0 Å². The lowest BCUT2D eigenvalue weighted by molar-refractivity contribution is 0.314. The number of nitrogens with two attached hydrogens (primary N) is 1. The highest BCUT2D eigenvalue weighted by molar-refractivity contribution is 5.52. The smallest absolute Gasteiger partial charge is 0.142 e. The van der Waals surface area contributed by atoms with Crippen molar-refractivity contribution in [2.75, 3.05) is 30.8 Å². The Bertz CT molecular complexity index is 575. The van der Waals surface area contributed by atoms with Gasteiger partial charge in [-0.2, -0.15) is 0 Å². The summed E-state index contributed by atoms with van der Waals surface area (Å²) in [4.78, 5) is 2.26. The van der Waals surface area contributed by atoms with Crippen molar-refractivity contribution in [1.29, 1.82) is 0 Å². The van der Waals surface area contributed by atoms with Gasteiger partial charge in [0.1, 0.15) is 5.75 Å². The number of benzene rings is 2. The molecule has 2 rings (SSSR count). The van der Waals surface area contributed by atoms with Gasteiger partial charge in [-0.3, -0.25) is 0 Å². The number of nitrogen functional groups attached to an aromatic ring is 1. The molecule has 0 atom stereocenters. The summed E-state index contributed by atoms with van der Waals surface area (Å²) in [7, 11) is 2.12. The van der Waals surface area contributed by atoms with Crippen molar-refractivity contribution in [3.8, 4) is 5.75 Å². The van der Waals surface area contributed by atoms with E-state index in [4.69, 9.17) is 10.5 Å². The molecule has 0 saturated carbocycles. The maximum Gasteiger partial charge on any atom is 0.142 e. The Balaban J connectivity index is 1.82. The fourth-order valence-corrected chi connectivity index (χ4v) is 2.40. The van der Waals surface area contributed by atoms with Gasteiger partial charge in [0.25, 0.3) is 0 Å². The number of rotatable bonds is 6. The average molecular weight is 284 g/mol. The van der Waals surface area contributed by atoms with E-state index in [-0.39, 0.29) is 0 Å². The normalized spacial score (nSPS) is 10.4. The van der Waals surface area contributed by atoms with Gasteiger partial charge in [0.15, 0.2) is 0 Å². The lowest BCUT2D eigenvalue weighted by Gasteiger charge is -2.20. The molecule has 21 heavy (non-hydrogen) atoms. The molecule has 0 unspecified atom stereocenters. The van der Waals surface area contributed by atoms with Gasteiger partial charge in [0.2, 0.25) is 0 Å². The van der Waals surface area contributed by atoms with Crippen LogP contribution in [-0.2, 0) is 0 Å². The molecule has 112 valence electrons. The summed E-state index contributed by atoms with van der Waals surface area (Å²) >= 11 is 0. The summed E-state index contributed by atoms with van der Waals surface area (Å²) in [5.74, 6) is 0.770. The summed E-state index contributed by atoms with van der Waals surface area (Å²) in [6.07, 6.45) is 0.956. The second kappa shape index (κ2) is 7.02. The largest absolute Gasteiger partial charge is 0.491 e. The first-order valence-corrected chi connectivity index (χ1v) is 7.33. The van der Waals surface area contributed by atoms with Gasteiger partial charge < -0.3 is 15.4 Å². The molecule has 3 nitrogen and oxygen atoms in total. The van der Waals surface area contributed by atoms with E-state index in [9.17, 15) is 0 Å². The third-order valence-corrected chi connectivity index (χ3v) is 3.46. The number of anilines is 2. The maximum atomic E-state index is 5.85. The number of ether oxygens (including phenoxy) is 1. The van der Waals surface area contributed by atoms with Crippen molar-refractivity contribution in [2.45, 2.75) is 20.3 Å². The van der Waals surface area contributed by atoms with Gasteiger partial charge >= 0.3 is 0 Å². The molecule has 0 heterocycles. The van der Waals surface area contributed by atoms with E-state index in [0.717, 1.165) is 18.7 Å². The molecule has 0 aliphatic rings. The molecule has 2 aromatic rings. The molecule has 0 fully saturated rings. The molecule has 3 heteroatoms. The molecule has 0 aliphatic carbocycles. The highest BCUT2D eigenvalue weighted by atomic mass is 16.5. The summed E-state index contributed by atoms with van der Waals surface area (Å²) in [6.45, 7) is 5.89. The Morgan fingerprint density at radius 2 is 1.71 bits per heavy atom. The van der Waals surface area contributed by atoms with Crippen molar-refractivity contribution < 1.29 is 4.74 Å². The quantitative estimate of drug-likeness (QED) is 0.648. The first-order chi connectivity index (χ1) is 10.1. The van der Waals surface area contributed by atoms with Gasteiger partial charge in [0, 0.05) is 19.3 Å². The van der Waals surface area contributed by atoms with Gasteiger partial charge in [-0.05, 0) is 55.7 Å². The van der Waals surface area contributed by atoms with Gasteiger partial charge in [-0.1, -0.05) is 18.2 Å². The van der Waals surface area contributed by atoms with E-state index in [1.165, 1.54) is 16.8 Å². The lowest BCUT2D eigenvalue weighted by Crippen LogP contribution is -2.20. The molecule has 0 bridgehead atoms. The zero-order valence-corrected chi connectivity index (χ0v) is 13.1. The molecular weight excluding hydrogens is 260 g/mol. The Kier molecular flexibility index (Phi) is 5.09. The summed E-state index contributed by atoms with van der Waals surface area (Å²) in [6, 6.07) is 14.2. The number of hydrogen-bond donors (Lipinski definition) is 1. The molecule has 0 radical (unpaired) electrons. The third-order valence-electron chi connectivity index (χ3n) is 3.46. The molecule has 0 saturated heterocycles. The van der Waals surface area contributed by atoms with Crippen LogP contribution in [0.1, 0.15) is 17.5 Å². The van der Waals surface area contributed by atoms with E-state index in [0.29, 0.717) is 12.3 Å². The van der Waals surface area contributed by atoms with Crippen LogP contribution in [0.5, 0.6) is 5.75 Å². The van der Waals surface area contributed by atoms with Gasteiger partial charge in [0.05, 0.1) is 12.3 Å². The number of hydrogen-bond acceptors (Lipinski definition) is 3. The minimum Gasteiger partial charge on any atom is -0.491 e. The predicted octanol–water partition coefficient (Wildman–Crippen LogP) is 3.79. The van der Waals surface area contributed by atoms with Crippen LogP contribution in [-0.4, -0.2) is 20.2 Å². The van der Waals surface area contributed by atoms with Crippen LogP contribution in [0.4, 0.5) is 11.4 Å². The van der Waals surface area contributed by atoms with Crippen LogP contribution in [0.15, 0.2) is 42.5 Å². The number of para-hydroxylation sites is 2. The van der Waals surface area contributed by atoms with Crippen molar-refractivity contribution in [1.82, 2.24) is 0 Å². The van der Waals surface area contributed by atoms with Crippen molar-refractivity contribution in [3.63, 3.8) is 0 Å². The first kappa shape index (κ1) is 15.2. The molecular formula is C18H24N2O. The molecule has 0 aliphatic heterocycles. The van der Waals surface area contributed by atoms with Crippen LogP contribution in [0.3, 0.4) is 0 Å². The van der Waals surface area contributed by atoms with Crippen LogP contribution in [0, 0.1) is 13.8 Å². The Labute approximate surface area is 127 Å². The highest BCUT2D eigenvalue weighted by Crippen LogP contribution is 2.20. The monoisotopic (exact) mass is 284 g/mol. The Morgan fingerprint density at radius 3 is 2.38 bits per heavy atom. The highest BCUT2D eigenvalue weighted by Gasteiger charge is 2.03. The van der Waals surface area contributed by atoms with Crippen molar-refractivity contribution >= 4 is 11.4 Å². The van der Waals surface area contributed by atoms with Crippen LogP contribution < -0.4 is 15.4 Å². The Hall–Kier alpha value is -2.16. The molecule has 2 N–H and O–H groups in total. The zero-order chi connectivity index (χ0) is 15.2. The SMILES string of the molecule is Cc1cc(C)cc(N(C)CCCOc2ccccc2N)c1. The Morgan fingerprint density at radius 1 is 1.05 bits per heavy atom. The van der Waals surface area contributed by atoms with Crippen molar-refractivity contribution in [3.05, 3.63) is 53.6 Å². The lowest BCUT2D eigenvalue weighted by atomic mass is 10.1. The molecule has 2 aromatic carbocycles.